The molecule has 140 valence electrons. The number of methoxy groups -OCH3 is 2. The zero-order valence-corrected chi connectivity index (χ0v) is 13.4. The Bertz CT molecular complexity index is 406. The third kappa shape index (κ3) is 3.07. The van der Waals surface area contributed by atoms with Crippen molar-refractivity contribution in [1.82, 2.24) is 0 Å². The monoisotopic (exact) mass is 352 g/mol. The lowest BCUT2D eigenvalue weighted by Gasteiger charge is -2.44. The van der Waals surface area contributed by atoms with Crippen LogP contribution in [0.2, 0.25) is 0 Å². The fourth-order valence-electron chi connectivity index (χ4n) is 3.39. The van der Waals surface area contributed by atoms with Crippen LogP contribution >= 0.6 is 0 Å². The SMILES string of the molecule is CO[C@@H]1OC(CO)C(O)[C@H](O[C@@H]2O[C@H]3CO[C@@H](C2O)[C@@H]3OC)C1O. The molecule has 4 unspecified atom stereocenters. The predicted octanol–water partition coefficient (Wildman–Crippen LogP) is -3.04. The van der Waals surface area contributed by atoms with Crippen LogP contribution in [0.15, 0.2) is 0 Å². The number of rotatable bonds is 5. The van der Waals surface area contributed by atoms with Crippen LogP contribution in [0.3, 0.4) is 0 Å². The minimum Gasteiger partial charge on any atom is -0.394 e. The average Bonchev–Trinajstić information content (AvgIpc) is 2.92. The molecule has 0 radical (unpaired) electrons. The zero-order chi connectivity index (χ0) is 17.4. The third-order valence-electron chi connectivity index (χ3n) is 4.69. The predicted molar refractivity (Wildman–Crippen MR) is 74.8 cm³/mol. The molecule has 3 fully saturated rings. The first-order chi connectivity index (χ1) is 11.5. The van der Waals surface area contributed by atoms with Crippen molar-refractivity contribution in [3.8, 4) is 0 Å². The molecule has 10 atom stereocenters. The summed E-state index contributed by atoms with van der Waals surface area (Å²) in [5.41, 5.74) is 0. The van der Waals surface area contributed by atoms with Gasteiger partial charge in [-0.25, -0.2) is 0 Å². The first kappa shape index (κ1) is 18.4. The Morgan fingerprint density at radius 1 is 0.917 bits per heavy atom. The van der Waals surface area contributed by atoms with Crippen molar-refractivity contribution in [2.45, 2.75) is 61.4 Å². The molecule has 3 saturated heterocycles. The van der Waals surface area contributed by atoms with Gasteiger partial charge in [-0.2, -0.15) is 0 Å². The van der Waals surface area contributed by atoms with Crippen molar-refractivity contribution in [3.05, 3.63) is 0 Å². The van der Waals surface area contributed by atoms with Gasteiger partial charge >= 0.3 is 0 Å². The van der Waals surface area contributed by atoms with E-state index in [1.165, 1.54) is 14.2 Å². The Morgan fingerprint density at radius 3 is 2.29 bits per heavy atom. The van der Waals surface area contributed by atoms with Gasteiger partial charge < -0.3 is 48.8 Å². The summed E-state index contributed by atoms with van der Waals surface area (Å²) in [6.45, 7) is -0.235. The molecule has 2 bridgehead atoms. The number of fused-ring (bicyclic) bond motifs is 2. The lowest BCUT2D eigenvalue weighted by Crippen LogP contribution is -2.63. The van der Waals surface area contributed by atoms with E-state index >= 15 is 0 Å². The minimum atomic E-state index is -1.33. The van der Waals surface area contributed by atoms with Crippen molar-refractivity contribution < 1.29 is 48.8 Å². The maximum Gasteiger partial charge on any atom is 0.187 e. The number of hydrogen-bond donors (Lipinski definition) is 4. The second kappa shape index (κ2) is 7.46. The Kier molecular flexibility index (Phi) is 5.72. The summed E-state index contributed by atoms with van der Waals surface area (Å²) in [4.78, 5) is 0. The molecule has 4 N–H and O–H groups in total. The second-order valence-corrected chi connectivity index (χ2v) is 6.07. The Balaban J connectivity index is 1.72. The van der Waals surface area contributed by atoms with Crippen LogP contribution in [-0.4, -0.2) is 109 Å². The van der Waals surface area contributed by atoms with Gasteiger partial charge in [-0.05, 0) is 0 Å². The van der Waals surface area contributed by atoms with Gasteiger partial charge in [0.2, 0.25) is 0 Å². The molecule has 0 aromatic rings. The van der Waals surface area contributed by atoms with Gasteiger partial charge in [0.1, 0.15) is 48.8 Å². The van der Waals surface area contributed by atoms with E-state index < -0.39 is 68.0 Å². The van der Waals surface area contributed by atoms with E-state index in [-0.39, 0.29) is 6.61 Å². The second-order valence-electron chi connectivity index (χ2n) is 6.07. The smallest absolute Gasteiger partial charge is 0.187 e. The largest absolute Gasteiger partial charge is 0.394 e. The minimum absolute atomic E-state index is 0.249. The highest BCUT2D eigenvalue weighted by Gasteiger charge is 2.54. The number of aliphatic hydroxyl groups is 4. The molecule has 0 saturated carbocycles. The molecule has 0 aromatic carbocycles. The molecule has 24 heavy (non-hydrogen) atoms. The van der Waals surface area contributed by atoms with E-state index in [0.717, 1.165) is 0 Å². The first-order valence-corrected chi connectivity index (χ1v) is 7.80. The summed E-state index contributed by atoms with van der Waals surface area (Å²) in [6.07, 6.45) is -9.68. The van der Waals surface area contributed by atoms with E-state index in [4.69, 9.17) is 28.4 Å². The Hall–Kier alpha value is -0.400. The topological polar surface area (TPSA) is 136 Å². The number of aliphatic hydroxyl groups excluding tert-OH is 4. The average molecular weight is 352 g/mol. The summed E-state index contributed by atoms with van der Waals surface area (Å²) in [7, 11) is 2.82. The normalized spacial score (nSPS) is 51.8. The highest BCUT2D eigenvalue weighted by molar-refractivity contribution is 4.98. The van der Waals surface area contributed by atoms with Gasteiger partial charge in [0.15, 0.2) is 12.6 Å². The van der Waals surface area contributed by atoms with Gasteiger partial charge in [-0.3, -0.25) is 0 Å². The van der Waals surface area contributed by atoms with E-state index in [1.54, 1.807) is 0 Å². The molecule has 10 nitrogen and oxygen atoms in total. The van der Waals surface area contributed by atoms with Crippen molar-refractivity contribution in [2.75, 3.05) is 27.4 Å². The van der Waals surface area contributed by atoms with E-state index in [9.17, 15) is 20.4 Å². The van der Waals surface area contributed by atoms with Crippen molar-refractivity contribution in [1.29, 1.82) is 0 Å². The van der Waals surface area contributed by atoms with Crippen LogP contribution < -0.4 is 0 Å². The van der Waals surface area contributed by atoms with Crippen LogP contribution in [-0.2, 0) is 28.4 Å². The molecule has 3 aliphatic rings. The molecule has 3 aliphatic heterocycles. The summed E-state index contributed by atoms with van der Waals surface area (Å²) >= 11 is 0. The van der Waals surface area contributed by atoms with Crippen molar-refractivity contribution >= 4 is 0 Å². The molecule has 3 heterocycles. The van der Waals surface area contributed by atoms with Gasteiger partial charge in [0, 0.05) is 14.2 Å². The van der Waals surface area contributed by atoms with Gasteiger partial charge in [-0.15, -0.1) is 0 Å². The fraction of sp³-hybridized carbons (Fsp3) is 1.00. The molecule has 0 aromatic heterocycles. The summed E-state index contributed by atoms with van der Waals surface area (Å²) in [5.74, 6) is 0. The molecule has 0 aliphatic carbocycles. The maximum atomic E-state index is 10.4. The fourth-order valence-corrected chi connectivity index (χ4v) is 3.39. The Labute approximate surface area is 138 Å². The lowest BCUT2D eigenvalue weighted by molar-refractivity contribution is -0.345. The van der Waals surface area contributed by atoms with Gasteiger partial charge in [0.05, 0.1) is 13.2 Å². The van der Waals surface area contributed by atoms with E-state index in [1.807, 2.05) is 0 Å². The first-order valence-electron chi connectivity index (χ1n) is 7.80. The molecular weight excluding hydrogens is 328 g/mol. The molecule has 0 amide bonds. The van der Waals surface area contributed by atoms with Gasteiger partial charge in [-0.1, -0.05) is 0 Å². The maximum absolute atomic E-state index is 10.4. The summed E-state index contributed by atoms with van der Waals surface area (Å²) in [5, 5.41) is 40.2. The van der Waals surface area contributed by atoms with Crippen LogP contribution in [0.4, 0.5) is 0 Å². The highest BCUT2D eigenvalue weighted by Crippen LogP contribution is 2.34. The van der Waals surface area contributed by atoms with Crippen LogP contribution in [0.5, 0.6) is 0 Å². The Morgan fingerprint density at radius 2 is 1.67 bits per heavy atom. The van der Waals surface area contributed by atoms with E-state index in [0.29, 0.717) is 0 Å². The molecule has 10 heteroatoms. The van der Waals surface area contributed by atoms with Crippen molar-refractivity contribution in [3.63, 3.8) is 0 Å². The highest BCUT2D eigenvalue weighted by atomic mass is 16.7. The van der Waals surface area contributed by atoms with Gasteiger partial charge in [0.25, 0.3) is 0 Å². The summed E-state index contributed by atoms with van der Waals surface area (Å²) < 4.78 is 32.2. The van der Waals surface area contributed by atoms with Crippen LogP contribution in [0.25, 0.3) is 0 Å². The molecule has 3 rings (SSSR count). The molecule has 0 spiro atoms. The quantitative estimate of drug-likeness (QED) is 0.404. The third-order valence-corrected chi connectivity index (χ3v) is 4.69. The lowest BCUT2D eigenvalue weighted by atomic mass is 9.98. The summed E-state index contributed by atoms with van der Waals surface area (Å²) in [6, 6.07) is 0. The zero-order valence-electron chi connectivity index (χ0n) is 13.4. The molecular formula is C14H24O10. The number of ether oxygens (including phenoxy) is 6. The van der Waals surface area contributed by atoms with Crippen LogP contribution in [0, 0.1) is 0 Å². The standard InChI is InChI=1S/C14H24O10/c1-19-10-6-4-21-12(10)9(18)14(23-6)24-11-7(16)5(3-15)22-13(20-2)8(11)17/h5-18H,3-4H2,1-2H3/t5?,6-,7?,8?,9?,10+,11-,12-,13+,14-/m0/s1. The number of hydrogen-bond acceptors (Lipinski definition) is 10. The van der Waals surface area contributed by atoms with Crippen LogP contribution in [0.1, 0.15) is 0 Å². The van der Waals surface area contributed by atoms with Crippen molar-refractivity contribution in [2.24, 2.45) is 0 Å². The van der Waals surface area contributed by atoms with E-state index in [2.05, 4.69) is 0 Å².